The molecule has 0 radical (unpaired) electrons. The van der Waals surface area contributed by atoms with Crippen LogP contribution in [0.3, 0.4) is 0 Å². The summed E-state index contributed by atoms with van der Waals surface area (Å²) in [5, 5.41) is 18.9. The number of rotatable bonds is 16. The van der Waals surface area contributed by atoms with E-state index in [0.717, 1.165) is 19.3 Å². The van der Waals surface area contributed by atoms with Crippen LogP contribution >= 0.6 is 0 Å². The maximum Gasteiger partial charge on any atom is 0.265 e. The first-order valence-electron chi connectivity index (χ1n) is 9.50. The molecule has 5 nitrogen and oxygen atoms in total. The fraction of sp³-hybridized carbons (Fsp3) is 0.944. The van der Waals surface area contributed by atoms with E-state index >= 15 is 0 Å². The molecule has 0 aliphatic rings. The number of carbonyl (C=O) groups is 1. The lowest BCUT2D eigenvalue weighted by Gasteiger charge is -2.17. The van der Waals surface area contributed by atoms with Gasteiger partial charge >= 0.3 is 0 Å². The van der Waals surface area contributed by atoms with E-state index in [1.807, 2.05) is 0 Å². The van der Waals surface area contributed by atoms with Crippen LogP contribution in [0, 0.1) is 0 Å². The number of nitrogens with two attached hydrogens (primary N) is 1. The number of hydroxylamine groups is 2. The van der Waals surface area contributed by atoms with Gasteiger partial charge < -0.3 is 10.8 Å². The Morgan fingerprint density at radius 3 is 1.65 bits per heavy atom. The standard InChI is InChI=1S/C18H38N2O3/c1-2-3-4-5-6-7-8-9-10-11-12-13-14-15-20(23)18(22)17(19)16-21/h17,21,23H,2-16,19H2,1H3/t17-/m0/s1. The van der Waals surface area contributed by atoms with Crippen LogP contribution in [0.15, 0.2) is 0 Å². The van der Waals surface area contributed by atoms with Crippen molar-refractivity contribution in [2.75, 3.05) is 13.2 Å². The molecule has 0 spiro atoms. The molecule has 0 aromatic heterocycles. The Kier molecular flexibility index (Phi) is 15.8. The van der Waals surface area contributed by atoms with Gasteiger partial charge in [0.1, 0.15) is 6.04 Å². The minimum atomic E-state index is -1.01. The maximum absolute atomic E-state index is 11.4. The molecule has 0 rings (SSSR count). The number of carbonyl (C=O) groups excluding carboxylic acids is 1. The molecule has 0 aromatic rings. The van der Waals surface area contributed by atoms with Crippen molar-refractivity contribution in [3.63, 3.8) is 0 Å². The van der Waals surface area contributed by atoms with E-state index in [-0.39, 0.29) is 0 Å². The molecule has 0 unspecified atom stereocenters. The molecule has 0 heterocycles. The van der Waals surface area contributed by atoms with Gasteiger partial charge in [0.25, 0.3) is 5.91 Å². The lowest BCUT2D eigenvalue weighted by molar-refractivity contribution is -0.168. The molecule has 0 aromatic carbocycles. The molecule has 4 N–H and O–H groups in total. The quantitative estimate of drug-likeness (QED) is 0.229. The summed E-state index contributed by atoms with van der Waals surface area (Å²) in [6, 6.07) is -1.01. The molecule has 0 aliphatic heterocycles. The molecule has 0 saturated heterocycles. The van der Waals surface area contributed by atoms with E-state index in [1.165, 1.54) is 64.2 Å². The van der Waals surface area contributed by atoms with Crippen LogP contribution in [0.1, 0.15) is 90.4 Å². The zero-order valence-electron chi connectivity index (χ0n) is 15.0. The van der Waals surface area contributed by atoms with E-state index in [9.17, 15) is 10.0 Å². The third-order valence-electron chi connectivity index (χ3n) is 4.24. The Morgan fingerprint density at radius 2 is 1.26 bits per heavy atom. The Hall–Kier alpha value is -0.650. The molecule has 138 valence electrons. The highest BCUT2D eigenvalue weighted by Crippen LogP contribution is 2.12. The highest BCUT2D eigenvalue weighted by atomic mass is 16.5. The summed E-state index contributed by atoms with van der Waals surface area (Å²) < 4.78 is 0. The minimum absolute atomic E-state index is 0.296. The molecule has 1 atom stereocenters. The minimum Gasteiger partial charge on any atom is -0.394 e. The normalized spacial score (nSPS) is 12.3. The van der Waals surface area contributed by atoms with Crippen LogP contribution in [-0.2, 0) is 4.79 Å². The van der Waals surface area contributed by atoms with Gasteiger partial charge in [-0.05, 0) is 6.42 Å². The van der Waals surface area contributed by atoms with Gasteiger partial charge in [0.05, 0.1) is 6.61 Å². The predicted molar refractivity (Wildman–Crippen MR) is 94.3 cm³/mol. The van der Waals surface area contributed by atoms with E-state index in [1.54, 1.807) is 0 Å². The van der Waals surface area contributed by atoms with Crippen molar-refractivity contribution < 1.29 is 15.1 Å². The number of aliphatic hydroxyl groups is 1. The van der Waals surface area contributed by atoms with Crippen molar-refractivity contribution in [1.29, 1.82) is 0 Å². The second-order valence-electron chi connectivity index (χ2n) is 6.49. The van der Waals surface area contributed by atoms with Crippen LogP contribution in [-0.4, -0.2) is 40.5 Å². The van der Waals surface area contributed by atoms with Gasteiger partial charge in [0, 0.05) is 6.54 Å². The second kappa shape index (κ2) is 16.2. The average molecular weight is 331 g/mol. The molecule has 0 saturated carbocycles. The highest BCUT2D eigenvalue weighted by Gasteiger charge is 2.17. The number of unbranched alkanes of at least 4 members (excludes halogenated alkanes) is 12. The number of hydrogen-bond acceptors (Lipinski definition) is 4. The third-order valence-corrected chi connectivity index (χ3v) is 4.24. The lowest BCUT2D eigenvalue weighted by Crippen LogP contribution is -2.44. The SMILES string of the molecule is CCCCCCCCCCCCCCCN(O)C(=O)[C@@H](N)CO. The molecule has 1 amide bonds. The summed E-state index contributed by atoms with van der Waals surface area (Å²) in [5.74, 6) is -0.605. The van der Waals surface area contributed by atoms with E-state index < -0.39 is 18.6 Å². The van der Waals surface area contributed by atoms with Crippen LogP contribution < -0.4 is 5.73 Å². The number of amides is 1. The highest BCUT2D eigenvalue weighted by molar-refractivity contribution is 5.80. The molecule has 5 heteroatoms. The second-order valence-corrected chi connectivity index (χ2v) is 6.49. The van der Waals surface area contributed by atoms with Gasteiger partial charge in [0.15, 0.2) is 0 Å². The molecular weight excluding hydrogens is 292 g/mol. The van der Waals surface area contributed by atoms with E-state index in [4.69, 9.17) is 10.8 Å². The van der Waals surface area contributed by atoms with Crippen LogP contribution in [0.25, 0.3) is 0 Å². The Morgan fingerprint density at radius 1 is 0.870 bits per heavy atom. The lowest BCUT2D eigenvalue weighted by atomic mass is 10.0. The predicted octanol–water partition coefficient (Wildman–Crippen LogP) is 3.62. The Balaban J connectivity index is 3.26. The summed E-state index contributed by atoms with van der Waals surface area (Å²) in [5.41, 5.74) is 5.36. The van der Waals surface area contributed by atoms with Gasteiger partial charge in [0.2, 0.25) is 0 Å². The number of hydrogen-bond donors (Lipinski definition) is 3. The summed E-state index contributed by atoms with van der Waals surface area (Å²) in [6.45, 7) is 2.11. The molecule has 23 heavy (non-hydrogen) atoms. The third kappa shape index (κ3) is 13.5. The topological polar surface area (TPSA) is 86.8 Å². The van der Waals surface area contributed by atoms with Crippen LogP contribution in [0.2, 0.25) is 0 Å². The van der Waals surface area contributed by atoms with Gasteiger partial charge in [-0.3, -0.25) is 10.0 Å². The van der Waals surface area contributed by atoms with Crippen molar-refractivity contribution in [2.24, 2.45) is 5.73 Å². The molecule has 0 aliphatic carbocycles. The van der Waals surface area contributed by atoms with Crippen LogP contribution in [0.4, 0.5) is 0 Å². The fourth-order valence-electron chi connectivity index (χ4n) is 2.66. The number of nitrogens with zero attached hydrogens (tertiary/aromatic N) is 1. The van der Waals surface area contributed by atoms with Gasteiger partial charge in [-0.2, -0.15) is 0 Å². The van der Waals surface area contributed by atoms with Crippen molar-refractivity contribution in [3.8, 4) is 0 Å². The Bertz CT molecular complexity index is 275. The van der Waals surface area contributed by atoms with Crippen molar-refractivity contribution in [3.05, 3.63) is 0 Å². The van der Waals surface area contributed by atoms with Crippen molar-refractivity contribution in [1.82, 2.24) is 5.06 Å². The van der Waals surface area contributed by atoms with Gasteiger partial charge in [-0.15, -0.1) is 0 Å². The molecule has 0 fully saturated rings. The first kappa shape index (κ1) is 22.4. The molecule has 0 bridgehead atoms. The average Bonchev–Trinajstić information content (AvgIpc) is 2.57. The van der Waals surface area contributed by atoms with Crippen molar-refractivity contribution in [2.45, 2.75) is 96.4 Å². The van der Waals surface area contributed by atoms with Gasteiger partial charge in [-0.25, -0.2) is 5.06 Å². The monoisotopic (exact) mass is 330 g/mol. The summed E-state index contributed by atoms with van der Waals surface area (Å²) in [6.07, 6.45) is 16.4. The number of aliphatic hydroxyl groups excluding tert-OH is 1. The largest absolute Gasteiger partial charge is 0.394 e. The smallest absolute Gasteiger partial charge is 0.265 e. The Labute approximate surface area is 142 Å². The zero-order valence-corrected chi connectivity index (χ0v) is 15.0. The fourth-order valence-corrected chi connectivity index (χ4v) is 2.66. The van der Waals surface area contributed by atoms with E-state index in [0.29, 0.717) is 11.6 Å². The van der Waals surface area contributed by atoms with Crippen molar-refractivity contribution >= 4 is 5.91 Å². The zero-order chi connectivity index (χ0) is 17.3. The summed E-state index contributed by atoms with van der Waals surface area (Å²) in [7, 11) is 0. The van der Waals surface area contributed by atoms with Gasteiger partial charge in [-0.1, -0.05) is 84.0 Å². The summed E-state index contributed by atoms with van der Waals surface area (Å²) in [4.78, 5) is 11.4. The summed E-state index contributed by atoms with van der Waals surface area (Å²) >= 11 is 0. The molecular formula is C18H38N2O3. The first-order chi connectivity index (χ1) is 11.1. The maximum atomic E-state index is 11.4. The van der Waals surface area contributed by atoms with Crippen LogP contribution in [0.5, 0.6) is 0 Å². The van der Waals surface area contributed by atoms with E-state index in [2.05, 4.69) is 6.92 Å². The first-order valence-corrected chi connectivity index (χ1v) is 9.50.